The van der Waals surface area contributed by atoms with Crippen molar-refractivity contribution in [2.45, 2.75) is 71.1 Å². The van der Waals surface area contributed by atoms with Gasteiger partial charge in [-0.3, -0.25) is 18.4 Å². The molecule has 0 amide bonds. The molecule has 17 heteroatoms. The summed E-state index contributed by atoms with van der Waals surface area (Å²) in [5.41, 5.74) is 5.41. The maximum atomic E-state index is 14.2. The van der Waals surface area contributed by atoms with Gasteiger partial charge in [-0.2, -0.15) is 9.97 Å². The summed E-state index contributed by atoms with van der Waals surface area (Å²) in [7, 11) is -4.52. The molecule has 2 aromatic heterocycles. The average molecular weight is 651 g/mol. The predicted molar refractivity (Wildman–Crippen MR) is 160 cm³/mol. The van der Waals surface area contributed by atoms with Crippen molar-refractivity contribution in [1.29, 1.82) is 0 Å². The summed E-state index contributed by atoms with van der Waals surface area (Å²) in [5.74, 6) is -1.37. The number of nitrogen functional groups attached to an aromatic ring is 1. The van der Waals surface area contributed by atoms with E-state index in [0.29, 0.717) is 23.3 Å². The molecule has 246 valence electrons. The Labute approximate surface area is 260 Å². The zero-order valence-corrected chi connectivity index (χ0v) is 26.6. The van der Waals surface area contributed by atoms with E-state index in [1.54, 1.807) is 55.7 Å². The van der Waals surface area contributed by atoms with Crippen LogP contribution in [0.5, 0.6) is 5.88 Å². The summed E-state index contributed by atoms with van der Waals surface area (Å²) in [6, 6.07) is 7.11. The lowest BCUT2D eigenvalue weighted by Crippen LogP contribution is -2.40. The Hall–Kier alpha value is -3.66. The molecule has 3 aromatic rings. The second kappa shape index (κ2) is 14.6. The van der Waals surface area contributed by atoms with E-state index in [-0.39, 0.29) is 31.5 Å². The van der Waals surface area contributed by atoms with Gasteiger partial charge in [-0.1, -0.05) is 30.3 Å². The number of hydrogen-bond donors (Lipinski definition) is 3. The SMILES string of the molecule is CCOC(=O)C(C)NP(=O)(OCC1OC(n2cnc3c(OCC)nc(N)nc32)CC1(C)O)OC(C(=O)OCC)c1ccccc1. The first-order valence-electron chi connectivity index (χ1n) is 14.5. The molecule has 0 radical (unpaired) electrons. The molecule has 45 heavy (non-hydrogen) atoms. The Morgan fingerprint density at radius 1 is 1.16 bits per heavy atom. The van der Waals surface area contributed by atoms with Crippen molar-refractivity contribution in [1.82, 2.24) is 24.6 Å². The van der Waals surface area contributed by atoms with Gasteiger partial charge in [-0.25, -0.2) is 19.4 Å². The summed E-state index contributed by atoms with van der Waals surface area (Å²) in [4.78, 5) is 38.1. The molecule has 4 rings (SSSR count). The molecular formula is C28H39N6O10P. The quantitative estimate of drug-likeness (QED) is 0.160. The van der Waals surface area contributed by atoms with Gasteiger partial charge in [-0.15, -0.1) is 0 Å². The molecule has 6 unspecified atom stereocenters. The lowest BCUT2D eigenvalue weighted by atomic mass is 9.98. The van der Waals surface area contributed by atoms with Crippen LogP contribution in [0.25, 0.3) is 11.2 Å². The van der Waals surface area contributed by atoms with Gasteiger partial charge < -0.3 is 29.8 Å². The molecule has 3 heterocycles. The highest BCUT2D eigenvalue weighted by atomic mass is 31.2. The number of hydrogen-bond acceptors (Lipinski definition) is 14. The highest BCUT2D eigenvalue weighted by Gasteiger charge is 2.47. The molecule has 0 saturated carbocycles. The first-order valence-corrected chi connectivity index (χ1v) is 16.0. The maximum Gasteiger partial charge on any atom is 0.407 e. The van der Waals surface area contributed by atoms with Crippen LogP contribution in [0, 0.1) is 0 Å². The van der Waals surface area contributed by atoms with Crippen molar-refractivity contribution in [2.75, 3.05) is 32.2 Å². The fraction of sp³-hybridized carbons (Fsp3) is 0.536. The zero-order valence-electron chi connectivity index (χ0n) is 25.7. The Bertz CT molecular complexity index is 1520. The van der Waals surface area contributed by atoms with Gasteiger partial charge in [0.2, 0.25) is 11.8 Å². The molecule has 1 aliphatic heterocycles. The van der Waals surface area contributed by atoms with Gasteiger partial charge in [0.1, 0.15) is 18.4 Å². The number of carbonyl (C=O) groups excluding carboxylic acids is 2. The molecule has 1 fully saturated rings. The molecular weight excluding hydrogens is 611 g/mol. The third-order valence-electron chi connectivity index (χ3n) is 6.84. The Morgan fingerprint density at radius 2 is 1.84 bits per heavy atom. The number of rotatable bonds is 15. The van der Waals surface area contributed by atoms with Crippen molar-refractivity contribution in [3.8, 4) is 5.88 Å². The lowest BCUT2D eigenvalue weighted by molar-refractivity contribution is -0.152. The minimum Gasteiger partial charge on any atom is -0.476 e. The van der Waals surface area contributed by atoms with Crippen LogP contribution in [0.2, 0.25) is 0 Å². The molecule has 1 aliphatic rings. The average Bonchev–Trinajstić information content (AvgIpc) is 3.55. The Morgan fingerprint density at radius 3 is 2.51 bits per heavy atom. The second-order valence-corrected chi connectivity index (χ2v) is 12.1. The first-order chi connectivity index (χ1) is 21.4. The Balaban J connectivity index is 1.59. The summed E-state index contributed by atoms with van der Waals surface area (Å²) in [6.45, 7) is 7.96. The molecule has 4 N–H and O–H groups in total. The summed E-state index contributed by atoms with van der Waals surface area (Å²) >= 11 is 0. The van der Waals surface area contributed by atoms with Crippen LogP contribution in [0.4, 0.5) is 5.95 Å². The number of esters is 2. The highest BCUT2D eigenvalue weighted by Crippen LogP contribution is 2.50. The second-order valence-electron chi connectivity index (χ2n) is 10.3. The topological polar surface area (TPSA) is 208 Å². The molecule has 0 aliphatic carbocycles. The van der Waals surface area contributed by atoms with E-state index in [1.807, 2.05) is 0 Å². The number of nitrogens with zero attached hydrogens (tertiary/aromatic N) is 4. The molecule has 16 nitrogen and oxygen atoms in total. The number of carbonyl (C=O) groups is 2. The van der Waals surface area contributed by atoms with Gasteiger partial charge >= 0.3 is 19.7 Å². The molecule has 1 saturated heterocycles. The zero-order chi connectivity index (χ0) is 32.8. The van der Waals surface area contributed by atoms with E-state index in [9.17, 15) is 19.3 Å². The van der Waals surface area contributed by atoms with Crippen molar-refractivity contribution in [3.05, 3.63) is 42.2 Å². The van der Waals surface area contributed by atoms with Crippen molar-refractivity contribution in [3.63, 3.8) is 0 Å². The number of aromatic nitrogens is 4. The monoisotopic (exact) mass is 650 g/mol. The third kappa shape index (κ3) is 8.14. The van der Waals surface area contributed by atoms with Crippen molar-refractivity contribution in [2.24, 2.45) is 0 Å². The third-order valence-corrected chi connectivity index (χ3v) is 8.52. The van der Waals surface area contributed by atoms with Crippen molar-refractivity contribution >= 4 is 36.8 Å². The number of fused-ring (bicyclic) bond motifs is 1. The maximum absolute atomic E-state index is 14.2. The standard InChI is InChI=1S/C28H39N6O10P/c1-6-39-24-21-23(31-27(29)32-24)34(16-30-21)20-14-28(5,37)19(43-20)15-42-45(38,33-17(4)25(35)40-7-2)44-22(26(36)41-8-3)18-12-10-9-11-13-18/h9-13,16-17,19-20,22,37H,6-8,14-15H2,1-5H3,(H,33,38)(H2,29,31,32). The van der Waals surface area contributed by atoms with Crippen molar-refractivity contribution < 1.29 is 47.3 Å². The number of nitrogens with one attached hydrogen (secondary N) is 1. The van der Waals surface area contributed by atoms with Crippen LogP contribution in [-0.2, 0) is 37.4 Å². The molecule has 6 atom stereocenters. The van der Waals surface area contributed by atoms with Gasteiger partial charge in [0.05, 0.1) is 38.4 Å². The number of benzene rings is 1. The normalized spacial score (nSPS) is 22.4. The largest absolute Gasteiger partial charge is 0.476 e. The van der Waals surface area contributed by atoms with E-state index in [4.69, 9.17) is 33.7 Å². The molecule has 0 spiro atoms. The van der Waals surface area contributed by atoms with E-state index in [2.05, 4.69) is 20.0 Å². The smallest absolute Gasteiger partial charge is 0.407 e. The fourth-order valence-electron chi connectivity index (χ4n) is 4.65. The summed E-state index contributed by atoms with van der Waals surface area (Å²) in [6.07, 6.45) is -1.79. The van der Waals surface area contributed by atoms with E-state index < -0.39 is 56.4 Å². The van der Waals surface area contributed by atoms with Crippen LogP contribution < -0.4 is 15.6 Å². The van der Waals surface area contributed by atoms with Crippen LogP contribution >= 0.6 is 7.75 Å². The van der Waals surface area contributed by atoms with Crippen LogP contribution in [0.1, 0.15) is 58.9 Å². The summed E-state index contributed by atoms with van der Waals surface area (Å²) < 4.78 is 49.3. The number of imidazole rings is 1. The molecule has 1 aromatic carbocycles. The first kappa shape index (κ1) is 34.2. The fourth-order valence-corrected chi connectivity index (χ4v) is 6.25. The van der Waals surface area contributed by atoms with Gasteiger partial charge in [0.15, 0.2) is 17.3 Å². The minimum absolute atomic E-state index is 0.0354. The van der Waals surface area contributed by atoms with Crippen LogP contribution in [-0.4, -0.2) is 80.7 Å². The highest BCUT2D eigenvalue weighted by molar-refractivity contribution is 7.51. The Kier molecular flexibility index (Phi) is 11.1. The van der Waals surface area contributed by atoms with E-state index in [0.717, 1.165) is 0 Å². The number of anilines is 1. The van der Waals surface area contributed by atoms with Gasteiger partial charge in [-0.05, 0) is 40.2 Å². The predicted octanol–water partition coefficient (Wildman–Crippen LogP) is 2.83. The minimum atomic E-state index is -4.52. The van der Waals surface area contributed by atoms with Crippen LogP contribution in [0.15, 0.2) is 36.7 Å². The van der Waals surface area contributed by atoms with E-state index >= 15 is 0 Å². The number of nitrogens with two attached hydrogens (primary N) is 1. The van der Waals surface area contributed by atoms with E-state index in [1.165, 1.54) is 20.2 Å². The van der Waals surface area contributed by atoms with Gasteiger partial charge in [0.25, 0.3) is 0 Å². The van der Waals surface area contributed by atoms with Crippen LogP contribution in [0.3, 0.4) is 0 Å². The molecule has 0 bridgehead atoms. The summed E-state index contributed by atoms with van der Waals surface area (Å²) in [5, 5.41) is 13.9. The number of ether oxygens (including phenoxy) is 4. The van der Waals surface area contributed by atoms with Gasteiger partial charge in [0, 0.05) is 6.42 Å². The lowest BCUT2D eigenvalue weighted by Gasteiger charge is -2.29. The number of aliphatic hydroxyl groups is 1.